The Morgan fingerprint density at radius 2 is 2.05 bits per heavy atom. The van der Waals surface area contributed by atoms with Crippen LogP contribution < -0.4 is 11.1 Å². The van der Waals surface area contributed by atoms with Crippen molar-refractivity contribution in [3.8, 4) is 0 Å². The number of carbonyl (C=O) groups excluding carboxylic acids is 2. The summed E-state index contributed by atoms with van der Waals surface area (Å²) < 4.78 is 13.3. The van der Waals surface area contributed by atoms with Crippen LogP contribution in [-0.2, 0) is 4.79 Å². The first-order chi connectivity index (χ1) is 9.99. The topological polar surface area (TPSA) is 75.4 Å². The van der Waals surface area contributed by atoms with E-state index in [1.165, 1.54) is 23.1 Å². The Balaban J connectivity index is 2.23. The molecule has 21 heavy (non-hydrogen) atoms. The minimum Gasteiger partial charge on any atom is -0.368 e. The number of hydrogen-bond acceptors (Lipinski definition) is 3. The van der Waals surface area contributed by atoms with Gasteiger partial charge in [0.05, 0.1) is 6.54 Å². The second-order valence-corrected chi connectivity index (χ2v) is 5.34. The Hall–Kier alpha value is -1.95. The molecule has 0 unspecified atom stereocenters. The minimum absolute atomic E-state index is 0.0170. The van der Waals surface area contributed by atoms with Crippen molar-refractivity contribution in [3.05, 3.63) is 35.1 Å². The molecular formula is C15H20FN3O2. The molecule has 0 bridgehead atoms. The third-order valence-corrected chi connectivity index (χ3v) is 3.74. The molecule has 3 N–H and O–H groups in total. The normalized spacial score (nSPS) is 15.7. The molecule has 0 aliphatic carbocycles. The minimum atomic E-state index is -0.541. The van der Waals surface area contributed by atoms with E-state index in [0.717, 1.165) is 25.9 Å². The van der Waals surface area contributed by atoms with Crippen molar-refractivity contribution >= 4 is 11.8 Å². The van der Waals surface area contributed by atoms with E-state index < -0.39 is 5.91 Å². The molecule has 6 heteroatoms. The van der Waals surface area contributed by atoms with Gasteiger partial charge in [0.15, 0.2) is 0 Å². The van der Waals surface area contributed by atoms with Gasteiger partial charge in [-0.15, -0.1) is 0 Å². The summed E-state index contributed by atoms with van der Waals surface area (Å²) in [5, 5.41) is 3.21. The van der Waals surface area contributed by atoms with Gasteiger partial charge in [-0.05, 0) is 56.6 Å². The molecule has 1 aliphatic rings. The summed E-state index contributed by atoms with van der Waals surface area (Å²) >= 11 is 0. The molecule has 1 fully saturated rings. The lowest BCUT2D eigenvalue weighted by Gasteiger charge is -2.34. The van der Waals surface area contributed by atoms with Gasteiger partial charge in [0.25, 0.3) is 5.91 Å². The number of amides is 2. The summed E-state index contributed by atoms with van der Waals surface area (Å²) in [6, 6.07) is 4.21. The van der Waals surface area contributed by atoms with Gasteiger partial charge in [-0.25, -0.2) is 4.39 Å². The largest absolute Gasteiger partial charge is 0.368 e. The Morgan fingerprint density at radius 3 is 2.62 bits per heavy atom. The van der Waals surface area contributed by atoms with Gasteiger partial charge < -0.3 is 16.0 Å². The van der Waals surface area contributed by atoms with Crippen LogP contribution in [-0.4, -0.2) is 42.4 Å². The third kappa shape index (κ3) is 3.78. The maximum absolute atomic E-state index is 13.3. The fourth-order valence-corrected chi connectivity index (χ4v) is 2.60. The van der Waals surface area contributed by atoms with Crippen LogP contribution in [0.25, 0.3) is 0 Å². The zero-order valence-electron chi connectivity index (χ0n) is 12.1. The molecule has 0 aromatic heterocycles. The maximum atomic E-state index is 13.3. The van der Waals surface area contributed by atoms with E-state index in [1.807, 2.05) is 0 Å². The molecule has 1 aromatic carbocycles. The fraction of sp³-hybridized carbons (Fsp3) is 0.467. The lowest BCUT2D eigenvalue weighted by molar-refractivity contribution is -0.119. The molecule has 1 saturated heterocycles. The highest BCUT2D eigenvalue weighted by molar-refractivity contribution is 5.96. The van der Waals surface area contributed by atoms with Crippen LogP contribution in [0.5, 0.6) is 0 Å². The highest BCUT2D eigenvalue weighted by Gasteiger charge is 2.27. The third-order valence-electron chi connectivity index (χ3n) is 3.74. The molecule has 5 nitrogen and oxygen atoms in total. The van der Waals surface area contributed by atoms with Crippen molar-refractivity contribution in [2.45, 2.75) is 25.8 Å². The predicted octanol–water partition coefficient (Wildman–Crippen LogP) is 0.814. The van der Waals surface area contributed by atoms with Gasteiger partial charge in [0, 0.05) is 11.6 Å². The number of primary amides is 1. The van der Waals surface area contributed by atoms with Crippen LogP contribution in [0.1, 0.15) is 28.8 Å². The first-order valence-electron chi connectivity index (χ1n) is 7.05. The van der Waals surface area contributed by atoms with Crippen molar-refractivity contribution in [1.82, 2.24) is 10.2 Å². The van der Waals surface area contributed by atoms with E-state index in [9.17, 15) is 14.0 Å². The highest BCUT2D eigenvalue weighted by Crippen LogP contribution is 2.17. The Kier molecular flexibility index (Phi) is 4.90. The zero-order valence-corrected chi connectivity index (χ0v) is 12.1. The van der Waals surface area contributed by atoms with Gasteiger partial charge in [-0.2, -0.15) is 0 Å². The van der Waals surface area contributed by atoms with E-state index in [0.29, 0.717) is 11.1 Å². The molecule has 0 atom stereocenters. The van der Waals surface area contributed by atoms with E-state index in [2.05, 4.69) is 5.32 Å². The first-order valence-corrected chi connectivity index (χ1v) is 7.05. The van der Waals surface area contributed by atoms with Crippen LogP contribution in [0.15, 0.2) is 18.2 Å². The molecule has 1 aliphatic heterocycles. The molecule has 1 heterocycles. The van der Waals surface area contributed by atoms with Crippen LogP contribution in [0.2, 0.25) is 0 Å². The number of rotatable bonds is 4. The quantitative estimate of drug-likeness (QED) is 0.863. The molecule has 0 spiro atoms. The second-order valence-electron chi connectivity index (χ2n) is 5.34. The Bertz CT molecular complexity index is 542. The van der Waals surface area contributed by atoms with Gasteiger partial charge >= 0.3 is 0 Å². The second kappa shape index (κ2) is 6.67. The van der Waals surface area contributed by atoms with Crippen molar-refractivity contribution in [3.63, 3.8) is 0 Å². The van der Waals surface area contributed by atoms with Crippen LogP contribution in [0.3, 0.4) is 0 Å². The summed E-state index contributed by atoms with van der Waals surface area (Å²) in [6.45, 7) is 3.10. The number of carbonyl (C=O) groups is 2. The van der Waals surface area contributed by atoms with Crippen molar-refractivity contribution in [2.24, 2.45) is 5.73 Å². The standard InChI is InChI=1S/C15H20FN3O2/c1-10-8-11(2-3-13(10)16)15(21)19(9-14(17)20)12-4-6-18-7-5-12/h2-3,8,12,18H,4-7,9H2,1H3,(H2,17,20). The van der Waals surface area contributed by atoms with E-state index in [1.54, 1.807) is 6.92 Å². The summed E-state index contributed by atoms with van der Waals surface area (Å²) in [7, 11) is 0. The number of benzene rings is 1. The smallest absolute Gasteiger partial charge is 0.254 e. The summed E-state index contributed by atoms with van der Waals surface area (Å²) in [4.78, 5) is 25.4. The van der Waals surface area contributed by atoms with Crippen molar-refractivity contribution < 1.29 is 14.0 Å². The summed E-state index contributed by atoms with van der Waals surface area (Å²) in [6.07, 6.45) is 1.55. The SMILES string of the molecule is Cc1cc(C(=O)N(CC(N)=O)C2CCNCC2)ccc1F. The Morgan fingerprint density at radius 1 is 1.38 bits per heavy atom. The number of halogens is 1. The van der Waals surface area contributed by atoms with E-state index in [4.69, 9.17) is 5.73 Å². The molecule has 0 radical (unpaired) electrons. The van der Waals surface area contributed by atoms with Crippen molar-refractivity contribution in [1.29, 1.82) is 0 Å². The van der Waals surface area contributed by atoms with Gasteiger partial charge in [0.2, 0.25) is 5.91 Å². The molecular weight excluding hydrogens is 273 g/mol. The van der Waals surface area contributed by atoms with Crippen LogP contribution >= 0.6 is 0 Å². The highest BCUT2D eigenvalue weighted by atomic mass is 19.1. The van der Waals surface area contributed by atoms with Gasteiger partial charge in [-0.3, -0.25) is 9.59 Å². The van der Waals surface area contributed by atoms with E-state index >= 15 is 0 Å². The van der Waals surface area contributed by atoms with Crippen LogP contribution in [0.4, 0.5) is 4.39 Å². The molecule has 0 saturated carbocycles. The molecule has 2 amide bonds. The monoisotopic (exact) mass is 293 g/mol. The summed E-state index contributed by atoms with van der Waals surface area (Å²) in [5.74, 6) is -1.17. The molecule has 2 rings (SSSR count). The van der Waals surface area contributed by atoms with Crippen molar-refractivity contribution in [2.75, 3.05) is 19.6 Å². The van der Waals surface area contributed by atoms with Gasteiger partial charge in [-0.1, -0.05) is 0 Å². The lowest BCUT2D eigenvalue weighted by atomic mass is 10.0. The lowest BCUT2D eigenvalue weighted by Crippen LogP contribution is -2.49. The molecule has 114 valence electrons. The zero-order chi connectivity index (χ0) is 15.4. The summed E-state index contributed by atoms with van der Waals surface area (Å²) in [5.41, 5.74) is 6.05. The Labute approximate surface area is 123 Å². The first kappa shape index (κ1) is 15.4. The number of piperidine rings is 1. The predicted molar refractivity (Wildman–Crippen MR) is 77.3 cm³/mol. The average Bonchev–Trinajstić information content (AvgIpc) is 2.47. The fourth-order valence-electron chi connectivity index (χ4n) is 2.60. The number of nitrogens with two attached hydrogens (primary N) is 1. The number of nitrogens with one attached hydrogen (secondary N) is 1. The number of aryl methyl sites for hydroxylation is 1. The van der Waals surface area contributed by atoms with E-state index in [-0.39, 0.29) is 24.3 Å². The van der Waals surface area contributed by atoms with Crippen LogP contribution in [0, 0.1) is 12.7 Å². The maximum Gasteiger partial charge on any atom is 0.254 e. The number of nitrogens with zero attached hydrogens (tertiary/aromatic N) is 1. The molecule has 1 aromatic rings. The number of hydrogen-bond donors (Lipinski definition) is 2. The average molecular weight is 293 g/mol. The van der Waals surface area contributed by atoms with Gasteiger partial charge in [0.1, 0.15) is 5.82 Å².